The minimum Gasteiger partial charge on any atom is -0.381 e. The molecule has 3 heteroatoms. The quantitative estimate of drug-likeness (QED) is 0.743. The van der Waals surface area contributed by atoms with E-state index in [1.807, 2.05) is 0 Å². The number of hydrogen-bond acceptors (Lipinski definition) is 3. The van der Waals surface area contributed by atoms with E-state index in [0.29, 0.717) is 0 Å². The van der Waals surface area contributed by atoms with Gasteiger partial charge in [0, 0.05) is 52.5 Å². The standard InChI is InChI=1S/C19H34N2O/c1-16-4-3-5-17(2)19(16)15-21-10-8-20(9-11-21)14-18-6-12-22-13-7-18/h4,17-19H,3,5-15H2,1-2H3/t17-,19-/m1/s1. The maximum atomic E-state index is 5.48. The molecule has 0 aromatic rings. The van der Waals surface area contributed by atoms with Crippen molar-refractivity contribution in [3.8, 4) is 0 Å². The first-order valence-corrected chi connectivity index (χ1v) is 9.41. The predicted octanol–water partition coefficient (Wildman–Crippen LogP) is 3.02. The van der Waals surface area contributed by atoms with Gasteiger partial charge in [-0.3, -0.25) is 0 Å². The Bertz CT molecular complexity index is 368. The van der Waals surface area contributed by atoms with Crippen LogP contribution < -0.4 is 0 Å². The van der Waals surface area contributed by atoms with Crippen LogP contribution in [-0.4, -0.2) is 62.3 Å². The summed E-state index contributed by atoms with van der Waals surface area (Å²) < 4.78 is 5.48. The smallest absolute Gasteiger partial charge is 0.0469 e. The van der Waals surface area contributed by atoms with Crippen LogP contribution in [-0.2, 0) is 4.74 Å². The monoisotopic (exact) mass is 306 g/mol. The van der Waals surface area contributed by atoms with Crippen molar-refractivity contribution in [3.05, 3.63) is 11.6 Å². The van der Waals surface area contributed by atoms with Crippen LogP contribution in [0, 0.1) is 17.8 Å². The van der Waals surface area contributed by atoms with Crippen LogP contribution in [0.2, 0.25) is 0 Å². The van der Waals surface area contributed by atoms with E-state index in [4.69, 9.17) is 4.74 Å². The molecule has 126 valence electrons. The fraction of sp³-hybridized carbons (Fsp3) is 0.895. The fourth-order valence-electron chi connectivity index (χ4n) is 4.43. The molecule has 3 aliphatic rings. The summed E-state index contributed by atoms with van der Waals surface area (Å²) in [6, 6.07) is 0. The molecule has 2 fully saturated rings. The molecular weight excluding hydrogens is 272 g/mol. The highest BCUT2D eigenvalue weighted by atomic mass is 16.5. The maximum absolute atomic E-state index is 5.48. The normalized spacial score (nSPS) is 32.9. The lowest BCUT2D eigenvalue weighted by molar-refractivity contribution is 0.0401. The van der Waals surface area contributed by atoms with Gasteiger partial charge in [0.1, 0.15) is 0 Å². The van der Waals surface area contributed by atoms with Gasteiger partial charge < -0.3 is 14.5 Å². The second-order valence-corrected chi connectivity index (χ2v) is 7.77. The first-order valence-electron chi connectivity index (χ1n) is 9.41. The fourth-order valence-corrected chi connectivity index (χ4v) is 4.43. The molecule has 0 amide bonds. The zero-order chi connectivity index (χ0) is 15.4. The van der Waals surface area contributed by atoms with Gasteiger partial charge in [0.2, 0.25) is 0 Å². The lowest BCUT2D eigenvalue weighted by Gasteiger charge is -2.40. The summed E-state index contributed by atoms with van der Waals surface area (Å²) in [6.45, 7) is 14.4. The van der Waals surface area contributed by atoms with Crippen molar-refractivity contribution in [2.24, 2.45) is 17.8 Å². The lowest BCUT2D eigenvalue weighted by atomic mass is 9.79. The van der Waals surface area contributed by atoms with E-state index in [-0.39, 0.29) is 0 Å². The molecule has 0 saturated carbocycles. The summed E-state index contributed by atoms with van der Waals surface area (Å²) >= 11 is 0. The van der Waals surface area contributed by atoms with Crippen molar-refractivity contribution in [2.45, 2.75) is 39.5 Å². The second-order valence-electron chi connectivity index (χ2n) is 7.77. The van der Waals surface area contributed by atoms with Gasteiger partial charge in [-0.05, 0) is 50.4 Å². The Balaban J connectivity index is 1.41. The largest absolute Gasteiger partial charge is 0.381 e. The Morgan fingerprint density at radius 2 is 1.64 bits per heavy atom. The molecular formula is C19H34N2O. The number of hydrogen-bond donors (Lipinski definition) is 0. The predicted molar refractivity (Wildman–Crippen MR) is 92.1 cm³/mol. The molecule has 0 aromatic heterocycles. The third kappa shape index (κ3) is 4.33. The summed E-state index contributed by atoms with van der Waals surface area (Å²) in [5.41, 5.74) is 1.64. The molecule has 22 heavy (non-hydrogen) atoms. The van der Waals surface area contributed by atoms with E-state index in [9.17, 15) is 0 Å². The van der Waals surface area contributed by atoms with Gasteiger partial charge in [0.15, 0.2) is 0 Å². The van der Waals surface area contributed by atoms with Gasteiger partial charge in [-0.1, -0.05) is 18.6 Å². The molecule has 3 rings (SSSR count). The summed E-state index contributed by atoms with van der Waals surface area (Å²) in [5, 5.41) is 0. The Morgan fingerprint density at radius 3 is 2.27 bits per heavy atom. The Hall–Kier alpha value is -0.380. The molecule has 2 saturated heterocycles. The highest BCUT2D eigenvalue weighted by molar-refractivity contribution is 5.09. The minimum atomic E-state index is 0.802. The zero-order valence-electron chi connectivity index (χ0n) is 14.6. The number of nitrogens with zero attached hydrogens (tertiary/aromatic N) is 2. The van der Waals surface area contributed by atoms with Gasteiger partial charge >= 0.3 is 0 Å². The molecule has 0 bridgehead atoms. The molecule has 3 nitrogen and oxygen atoms in total. The number of allylic oxidation sites excluding steroid dienone is 1. The van der Waals surface area contributed by atoms with Crippen LogP contribution in [0.4, 0.5) is 0 Å². The number of rotatable bonds is 4. The lowest BCUT2D eigenvalue weighted by Crippen LogP contribution is -2.49. The van der Waals surface area contributed by atoms with Crippen LogP contribution in [0.15, 0.2) is 11.6 Å². The topological polar surface area (TPSA) is 15.7 Å². The van der Waals surface area contributed by atoms with Crippen molar-refractivity contribution in [1.29, 1.82) is 0 Å². The molecule has 2 aliphatic heterocycles. The molecule has 2 atom stereocenters. The van der Waals surface area contributed by atoms with Gasteiger partial charge in [0.05, 0.1) is 0 Å². The second kappa shape index (κ2) is 7.94. The summed E-state index contributed by atoms with van der Waals surface area (Å²) in [6.07, 6.45) is 7.69. The van der Waals surface area contributed by atoms with E-state index in [2.05, 4.69) is 29.7 Å². The van der Waals surface area contributed by atoms with Crippen LogP contribution in [0.5, 0.6) is 0 Å². The maximum Gasteiger partial charge on any atom is 0.0469 e. The van der Waals surface area contributed by atoms with Gasteiger partial charge in [-0.2, -0.15) is 0 Å². The third-order valence-corrected chi connectivity index (χ3v) is 6.14. The van der Waals surface area contributed by atoms with Crippen molar-refractivity contribution in [1.82, 2.24) is 9.80 Å². The van der Waals surface area contributed by atoms with Crippen LogP contribution in [0.1, 0.15) is 39.5 Å². The molecule has 0 N–H and O–H groups in total. The van der Waals surface area contributed by atoms with E-state index in [1.54, 1.807) is 5.57 Å². The highest BCUT2D eigenvalue weighted by Gasteiger charge is 2.27. The highest BCUT2D eigenvalue weighted by Crippen LogP contribution is 2.31. The van der Waals surface area contributed by atoms with E-state index >= 15 is 0 Å². The van der Waals surface area contributed by atoms with Crippen molar-refractivity contribution < 1.29 is 4.74 Å². The van der Waals surface area contributed by atoms with E-state index in [1.165, 1.54) is 65.0 Å². The summed E-state index contributed by atoms with van der Waals surface area (Å²) in [7, 11) is 0. The van der Waals surface area contributed by atoms with Gasteiger partial charge in [0.25, 0.3) is 0 Å². The number of ether oxygens (including phenoxy) is 1. The van der Waals surface area contributed by atoms with Crippen LogP contribution >= 0.6 is 0 Å². The SMILES string of the molecule is CC1=CCC[C@@H](C)[C@@H]1CN1CCN(CC2CCOCC2)CC1. The van der Waals surface area contributed by atoms with Gasteiger partial charge in [-0.25, -0.2) is 0 Å². The molecule has 0 spiro atoms. The summed E-state index contributed by atoms with van der Waals surface area (Å²) in [4.78, 5) is 5.41. The van der Waals surface area contributed by atoms with E-state index < -0.39 is 0 Å². The zero-order valence-corrected chi connectivity index (χ0v) is 14.6. The van der Waals surface area contributed by atoms with E-state index in [0.717, 1.165) is 31.0 Å². The first-order chi connectivity index (χ1) is 10.7. The van der Waals surface area contributed by atoms with Crippen molar-refractivity contribution in [2.75, 3.05) is 52.5 Å². The average molecular weight is 306 g/mol. The third-order valence-electron chi connectivity index (χ3n) is 6.14. The van der Waals surface area contributed by atoms with Crippen molar-refractivity contribution >= 4 is 0 Å². The first kappa shape index (κ1) is 16.5. The molecule has 0 unspecified atom stereocenters. The van der Waals surface area contributed by atoms with Gasteiger partial charge in [-0.15, -0.1) is 0 Å². The molecule has 2 heterocycles. The van der Waals surface area contributed by atoms with Crippen LogP contribution in [0.25, 0.3) is 0 Å². The Kier molecular flexibility index (Phi) is 5.95. The van der Waals surface area contributed by atoms with Crippen molar-refractivity contribution in [3.63, 3.8) is 0 Å². The molecule has 0 radical (unpaired) electrons. The van der Waals surface area contributed by atoms with Crippen LogP contribution in [0.3, 0.4) is 0 Å². The Morgan fingerprint density at radius 1 is 1.00 bits per heavy atom. The molecule has 0 aromatic carbocycles. The Labute approximate surface area is 136 Å². The molecule has 1 aliphatic carbocycles. The summed E-state index contributed by atoms with van der Waals surface area (Å²) in [5.74, 6) is 2.55. The average Bonchev–Trinajstić information content (AvgIpc) is 2.54. The minimum absolute atomic E-state index is 0.802. The number of piperazine rings is 1.